The van der Waals surface area contributed by atoms with Crippen molar-refractivity contribution in [2.24, 2.45) is 0 Å². The lowest BCUT2D eigenvalue weighted by Gasteiger charge is -2.23. The molecule has 1 aromatic heterocycles. The second kappa shape index (κ2) is 5.61. The van der Waals surface area contributed by atoms with Crippen LogP contribution in [0.2, 0.25) is 0 Å². The van der Waals surface area contributed by atoms with Crippen molar-refractivity contribution < 1.29 is 9.84 Å². The summed E-state index contributed by atoms with van der Waals surface area (Å²) in [7, 11) is 1.69. The van der Waals surface area contributed by atoms with Crippen LogP contribution in [0.1, 0.15) is 24.8 Å². The van der Waals surface area contributed by atoms with Crippen LogP contribution in [-0.4, -0.2) is 30.9 Å². The number of nitrogens with one attached hydrogen (secondary N) is 1. The van der Waals surface area contributed by atoms with Gasteiger partial charge in [0.2, 0.25) is 0 Å². The zero-order valence-electron chi connectivity index (χ0n) is 9.49. The fourth-order valence-electron chi connectivity index (χ4n) is 1.16. The molecule has 0 saturated heterocycles. The monoisotopic (exact) mass is 229 g/mol. The average Bonchev–Trinajstić information content (AvgIpc) is 2.70. The van der Waals surface area contributed by atoms with E-state index in [4.69, 9.17) is 4.74 Å². The van der Waals surface area contributed by atoms with Crippen LogP contribution < -0.4 is 5.32 Å². The Kier molecular flexibility index (Phi) is 4.73. The molecular weight excluding hydrogens is 210 g/mol. The summed E-state index contributed by atoms with van der Waals surface area (Å²) in [5.74, 6) is 0. The standard InChI is InChI=1S/C11H19NO2S/c1-11(2,14-3)8-12-7-9(13)10-5-4-6-15-10/h4-6,9,12-13H,7-8H2,1-3H3. The van der Waals surface area contributed by atoms with Crippen molar-refractivity contribution in [2.45, 2.75) is 25.6 Å². The molecule has 0 spiro atoms. The van der Waals surface area contributed by atoms with Crippen molar-refractivity contribution in [3.8, 4) is 0 Å². The Labute approximate surface area is 95.1 Å². The highest BCUT2D eigenvalue weighted by Gasteiger charge is 2.16. The van der Waals surface area contributed by atoms with Gasteiger partial charge in [-0.1, -0.05) is 6.07 Å². The largest absolute Gasteiger partial charge is 0.386 e. The van der Waals surface area contributed by atoms with E-state index in [2.05, 4.69) is 5.32 Å². The predicted octanol–water partition coefficient (Wildman–Crippen LogP) is 1.80. The molecule has 0 bridgehead atoms. The number of ether oxygens (including phenoxy) is 1. The number of aliphatic hydroxyl groups is 1. The van der Waals surface area contributed by atoms with Crippen LogP contribution in [0, 0.1) is 0 Å². The normalized spacial score (nSPS) is 14.1. The summed E-state index contributed by atoms with van der Waals surface area (Å²) >= 11 is 1.57. The molecule has 1 rings (SSSR count). The minimum atomic E-state index is -0.419. The number of hydrogen-bond acceptors (Lipinski definition) is 4. The van der Waals surface area contributed by atoms with E-state index in [9.17, 15) is 5.11 Å². The van der Waals surface area contributed by atoms with E-state index in [0.717, 1.165) is 11.4 Å². The maximum Gasteiger partial charge on any atom is 0.101 e. The van der Waals surface area contributed by atoms with Gasteiger partial charge in [0.05, 0.1) is 5.60 Å². The summed E-state index contributed by atoms with van der Waals surface area (Å²) in [5.41, 5.74) is -0.185. The van der Waals surface area contributed by atoms with E-state index in [1.807, 2.05) is 31.4 Å². The van der Waals surface area contributed by atoms with E-state index < -0.39 is 6.10 Å². The van der Waals surface area contributed by atoms with Crippen LogP contribution in [-0.2, 0) is 4.74 Å². The van der Waals surface area contributed by atoms with Gasteiger partial charge in [-0.25, -0.2) is 0 Å². The highest BCUT2D eigenvalue weighted by Crippen LogP contribution is 2.17. The quantitative estimate of drug-likeness (QED) is 0.781. The molecule has 15 heavy (non-hydrogen) atoms. The Bertz CT molecular complexity index is 272. The maximum atomic E-state index is 9.79. The molecule has 1 atom stereocenters. The zero-order chi connectivity index (χ0) is 11.3. The third kappa shape index (κ3) is 4.30. The van der Waals surface area contributed by atoms with E-state index in [0.29, 0.717) is 6.54 Å². The molecule has 0 radical (unpaired) electrons. The van der Waals surface area contributed by atoms with Crippen LogP contribution in [0.15, 0.2) is 17.5 Å². The molecule has 0 aliphatic rings. The van der Waals surface area contributed by atoms with Gasteiger partial charge in [-0.05, 0) is 25.3 Å². The van der Waals surface area contributed by atoms with Crippen LogP contribution in [0.25, 0.3) is 0 Å². The van der Waals surface area contributed by atoms with Gasteiger partial charge in [-0.15, -0.1) is 11.3 Å². The number of rotatable bonds is 6. The van der Waals surface area contributed by atoms with Crippen molar-refractivity contribution in [3.63, 3.8) is 0 Å². The first-order valence-corrected chi connectivity index (χ1v) is 5.90. The lowest BCUT2D eigenvalue weighted by Crippen LogP contribution is -2.38. The summed E-state index contributed by atoms with van der Waals surface area (Å²) in [6.07, 6.45) is -0.419. The molecule has 0 aliphatic heterocycles. The third-order valence-electron chi connectivity index (χ3n) is 2.31. The molecule has 0 aliphatic carbocycles. The molecule has 0 saturated carbocycles. The van der Waals surface area contributed by atoms with Gasteiger partial charge >= 0.3 is 0 Å². The Morgan fingerprint density at radius 2 is 2.33 bits per heavy atom. The third-order valence-corrected chi connectivity index (χ3v) is 3.29. The molecule has 0 aromatic carbocycles. The van der Waals surface area contributed by atoms with Crippen molar-refractivity contribution in [3.05, 3.63) is 22.4 Å². The second-order valence-electron chi connectivity index (χ2n) is 4.13. The van der Waals surface area contributed by atoms with Gasteiger partial charge in [-0.3, -0.25) is 0 Å². The average molecular weight is 229 g/mol. The molecule has 3 nitrogen and oxygen atoms in total. The molecule has 1 aromatic rings. The van der Waals surface area contributed by atoms with E-state index >= 15 is 0 Å². The van der Waals surface area contributed by atoms with Gasteiger partial charge < -0.3 is 15.2 Å². The van der Waals surface area contributed by atoms with E-state index in [1.54, 1.807) is 18.4 Å². The van der Waals surface area contributed by atoms with Crippen LogP contribution in [0.3, 0.4) is 0 Å². The topological polar surface area (TPSA) is 41.5 Å². The predicted molar refractivity (Wildman–Crippen MR) is 63.2 cm³/mol. The summed E-state index contributed by atoms with van der Waals surface area (Å²) in [6, 6.07) is 3.89. The molecule has 1 heterocycles. The first-order chi connectivity index (χ1) is 7.05. The highest BCUT2D eigenvalue weighted by atomic mass is 32.1. The summed E-state index contributed by atoms with van der Waals surface area (Å²) in [4.78, 5) is 0.998. The van der Waals surface area contributed by atoms with Crippen molar-refractivity contribution >= 4 is 11.3 Å². The first-order valence-electron chi connectivity index (χ1n) is 5.02. The number of methoxy groups -OCH3 is 1. The summed E-state index contributed by atoms with van der Waals surface area (Å²) in [5, 5.41) is 15.0. The van der Waals surface area contributed by atoms with Gasteiger partial charge in [0.1, 0.15) is 6.10 Å². The number of hydrogen-bond donors (Lipinski definition) is 2. The molecule has 2 N–H and O–H groups in total. The Morgan fingerprint density at radius 3 is 2.87 bits per heavy atom. The lowest BCUT2D eigenvalue weighted by atomic mass is 10.1. The van der Waals surface area contributed by atoms with Crippen LogP contribution in [0.5, 0.6) is 0 Å². The fourth-order valence-corrected chi connectivity index (χ4v) is 1.88. The van der Waals surface area contributed by atoms with E-state index in [-0.39, 0.29) is 5.60 Å². The molecule has 1 unspecified atom stereocenters. The Balaban J connectivity index is 2.26. The summed E-state index contributed by atoms with van der Waals surface area (Å²) < 4.78 is 5.27. The SMILES string of the molecule is COC(C)(C)CNCC(O)c1cccs1. The minimum Gasteiger partial charge on any atom is -0.386 e. The van der Waals surface area contributed by atoms with Crippen molar-refractivity contribution in [1.82, 2.24) is 5.32 Å². The van der Waals surface area contributed by atoms with Crippen molar-refractivity contribution in [2.75, 3.05) is 20.2 Å². The molecular formula is C11H19NO2S. The molecule has 4 heteroatoms. The van der Waals surface area contributed by atoms with Crippen LogP contribution >= 0.6 is 11.3 Å². The van der Waals surface area contributed by atoms with Crippen LogP contribution in [0.4, 0.5) is 0 Å². The summed E-state index contributed by atoms with van der Waals surface area (Å²) in [6.45, 7) is 5.31. The molecule has 0 fully saturated rings. The van der Waals surface area contributed by atoms with Gasteiger partial charge in [0.25, 0.3) is 0 Å². The number of aliphatic hydroxyl groups excluding tert-OH is 1. The smallest absolute Gasteiger partial charge is 0.101 e. The van der Waals surface area contributed by atoms with Gasteiger partial charge in [0, 0.05) is 25.1 Å². The van der Waals surface area contributed by atoms with E-state index in [1.165, 1.54) is 0 Å². The van der Waals surface area contributed by atoms with Gasteiger partial charge in [-0.2, -0.15) is 0 Å². The Morgan fingerprint density at radius 1 is 1.60 bits per heavy atom. The fraction of sp³-hybridized carbons (Fsp3) is 0.636. The number of thiophene rings is 1. The first kappa shape index (κ1) is 12.6. The Hall–Kier alpha value is -0.420. The maximum absolute atomic E-state index is 9.79. The molecule has 0 amide bonds. The minimum absolute atomic E-state index is 0.185. The lowest BCUT2D eigenvalue weighted by molar-refractivity contribution is 0.0208. The second-order valence-corrected chi connectivity index (χ2v) is 5.11. The zero-order valence-corrected chi connectivity index (χ0v) is 10.3. The highest BCUT2D eigenvalue weighted by molar-refractivity contribution is 7.10. The van der Waals surface area contributed by atoms with Gasteiger partial charge in [0.15, 0.2) is 0 Å². The van der Waals surface area contributed by atoms with Crippen molar-refractivity contribution in [1.29, 1.82) is 0 Å². The molecule has 86 valence electrons.